The van der Waals surface area contributed by atoms with E-state index in [4.69, 9.17) is 5.73 Å². The predicted molar refractivity (Wildman–Crippen MR) is 156 cm³/mol. The number of benzene rings is 1. The van der Waals surface area contributed by atoms with Crippen molar-refractivity contribution in [1.29, 1.82) is 0 Å². The third kappa shape index (κ3) is 16.5. The Morgan fingerprint density at radius 3 is 1.58 bits per heavy atom. The zero-order chi connectivity index (χ0) is 26.6. The van der Waals surface area contributed by atoms with Crippen LogP contribution in [0.25, 0.3) is 0 Å². The topological polar surface area (TPSA) is 38.0 Å². The van der Waals surface area contributed by atoms with E-state index in [1.807, 2.05) is 20.9 Å². The highest BCUT2D eigenvalue weighted by Crippen LogP contribution is 2.31. The lowest BCUT2D eigenvalue weighted by molar-refractivity contribution is 0.624. The number of nitrogens with two attached hydrogens (primary N) is 1. The second kappa shape index (κ2) is 22.1. The maximum atomic E-state index is 6.09. The second-order valence-corrected chi connectivity index (χ2v) is 9.62. The average Bonchev–Trinajstić information content (AvgIpc) is 2.75. The van der Waals surface area contributed by atoms with Crippen LogP contribution in [0.5, 0.6) is 0 Å². The fourth-order valence-electron chi connectivity index (χ4n) is 3.31. The van der Waals surface area contributed by atoms with Gasteiger partial charge in [-0.2, -0.15) is 0 Å². The van der Waals surface area contributed by atoms with Gasteiger partial charge in [0.15, 0.2) is 0 Å². The molecular formula is C31H60N2. The van der Waals surface area contributed by atoms with Crippen LogP contribution in [-0.4, -0.2) is 7.05 Å². The van der Waals surface area contributed by atoms with Crippen molar-refractivity contribution in [3.05, 3.63) is 52.7 Å². The molecule has 0 saturated heterocycles. The fraction of sp³-hybridized carbons (Fsp3) is 0.677. The third-order valence-corrected chi connectivity index (χ3v) is 4.78. The number of rotatable bonds is 8. The van der Waals surface area contributed by atoms with Crippen LogP contribution in [0.1, 0.15) is 132 Å². The zero-order valence-electron chi connectivity index (χ0n) is 24.9. The molecule has 0 bridgehead atoms. The minimum atomic E-state index is 0.525. The lowest BCUT2D eigenvalue weighted by atomic mass is 9.93. The number of para-hydroxylation sites is 1. The van der Waals surface area contributed by atoms with Crippen LogP contribution >= 0.6 is 0 Å². The number of nitrogens with one attached hydrogen (secondary N) is 1. The fourth-order valence-corrected chi connectivity index (χ4v) is 3.31. The van der Waals surface area contributed by atoms with Crippen molar-refractivity contribution in [1.82, 2.24) is 0 Å². The molecule has 1 rings (SSSR count). The molecule has 0 amide bonds. The Balaban J connectivity index is -0.000000456. The number of hydrogen-bond acceptors (Lipinski definition) is 2. The van der Waals surface area contributed by atoms with Crippen LogP contribution in [0.4, 0.5) is 5.69 Å². The molecule has 0 spiro atoms. The first-order valence-electron chi connectivity index (χ1n) is 13.4. The Hall–Kier alpha value is -1.70. The van der Waals surface area contributed by atoms with Gasteiger partial charge >= 0.3 is 0 Å². The summed E-state index contributed by atoms with van der Waals surface area (Å²) < 4.78 is 0. The molecule has 0 aliphatic heterocycles. The highest BCUT2D eigenvalue weighted by molar-refractivity contribution is 5.59. The Morgan fingerprint density at radius 1 is 0.879 bits per heavy atom. The average molecular weight is 461 g/mol. The van der Waals surface area contributed by atoms with Crippen LogP contribution in [0.3, 0.4) is 0 Å². The van der Waals surface area contributed by atoms with E-state index < -0.39 is 0 Å². The van der Waals surface area contributed by atoms with Crippen molar-refractivity contribution in [2.24, 2.45) is 17.6 Å². The predicted octanol–water partition coefficient (Wildman–Crippen LogP) is 10.3. The Labute approximate surface area is 209 Å². The van der Waals surface area contributed by atoms with Crippen LogP contribution in [-0.2, 0) is 0 Å². The first-order chi connectivity index (χ1) is 15.5. The Bertz CT molecular complexity index is 608. The summed E-state index contributed by atoms with van der Waals surface area (Å²) in [4.78, 5) is 0. The lowest BCUT2D eigenvalue weighted by Gasteiger charge is -2.18. The van der Waals surface area contributed by atoms with E-state index in [0.29, 0.717) is 23.7 Å². The second-order valence-electron chi connectivity index (χ2n) is 9.62. The highest BCUT2D eigenvalue weighted by atomic mass is 14.8. The molecule has 3 N–H and O–H groups in total. The lowest BCUT2D eigenvalue weighted by Crippen LogP contribution is -2.08. The normalized spacial score (nSPS) is 11.5. The largest absolute Gasteiger partial charge is 0.402 e. The monoisotopic (exact) mass is 460 g/mol. The molecule has 0 atom stereocenters. The van der Waals surface area contributed by atoms with Crippen LogP contribution in [0.15, 0.2) is 41.6 Å². The van der Waals surface area contributed by atoms with Crippen LogP contribution < -0.4 is 11.1 Å². The molecule has 0 aliphatic carbocycles. The molecule has 0 heterocycles. The summed E-state index contributed by atoms with van der Waals surface area (Å²) in [6.45, 7) is 28.1. The van der Waals surface area contributed by atoms with Gasteiger partial charge in [-0.05, 0) is 53.2 Å². The molecule has 0 unspecified atom stereocenters. The first kappa shape index (κ1) is 35.9. The minimum Gasteiger partial charge on any atom is -0.402 e. The molecule has 0 aliphatic rings. The van der Waals surface area contributed by atoms with Gasteiger partial charge in [-0.15, -0.1) is 0 Å². The Kier molecular flexibility index (Phi) is 24.0. The van der Waals surface area contributed by atoms with Crippen LogP contribution in [0, 0.1) is 11.8 Å². The molecule has 1 aromatic carbocycles. The zero-order valence-corrected chi connectivity index (χ0v) is 24.9. The standard InChI is InChI=1S/C13H21N.C13H25N.C3H8.C2H6/c1-9(2)11-7-6-8-12(10(3)4)13(11)14-5;1-6-7-8-12(11(4)5)13(14)9-10(2)3;1-3-2;1-2/h6-10,14H,1-5H3;7-8,10-11H,6,9,14H2,1-5H3;3H2,1-2H3;1-2H3/b;8-7-,13-12-;;. The summed E-state index contributed by atoms with van der Waals surface area (Å²) in [5, 5.41) is 3.33. The summed E-state index contributed by atoms with van der Waals surface area (Å²) in [6.07, 6.45) is 7.69. The first-order valence-corrected chi connectivity index (χ1v) is 13.4. The minimum absolute atomic E-state index is 0.525. The van der Waals surface area contributed by atoms with Crippen molar-refractivity contribution in [2.75, 3.05) is 12.4 Å². The summed E-state index contributed by atoms with van der Waals surface area (Å²) in [6, 6.07) is 6.58. The van der Waals surface area contributed by atoms with E-state index in [-0.39, 0.29) is 0 Å². The van der Waals surface area contributed by atoms with Crippen molar-refractivity contribution < 1.29 is 0 Å². The molecule has 0 saturated carbocycles. The van der Waals surface area contributed by atoms with Gasteiger partial charge in [-0.1, -0.05) is 127 Å². The summed E-state index contributed by atoms with van der Waals surface area (Å²) in [7, 11) is 2.01. The molecule has 0 radical (unpaired) electrons. The molecular weight excluding hydrogens is 400 g/mol. The van der Waals surface area contributed by atoms with E-state index in [2.05, 4.69) is 112 Å². The van der Waals surface area contributed by atoms with Crippen molar-refractivity contribution in [3.63, 3.8) is 0 Å². The van der Waals surface area contributed by atoms with Gasteiger partial charge in [0.2, 0.25) is 0 Å². The summed E-state index contributed by atoms with van der Waals surface area (Å²) in [5.41, 5.74) is 12.6. The van der Waals surface area contributed by atoms with Gasteiger partial charge < -0.3 is 11.1 Å². The Morgan fingerprint density at radius 2 is 1.30 bits per heavy atom. The van der Waals surface area contributed by atoms with E-state index in [1.54, 1.807) is 0 Å². The number of anilines is 1. The number of hydrogen-bond donors (Lipinski definition) is 2. The summed E-state index contributed by atoms with van der Waals surface area (Å²) in [5.74, 6) is 2.32. The SMILES string of the molecule is CC.CC/C=C\C(=C(\N)CC(C)C)C(C)C.CCC.CNc1c(C(C)C)cccc1C(C)C. The quantitative estimate of drug-likeness (QED) is 0.378. The van der Waals surface area contributed by atoms with Gasteiger partial charge in [0.1, 0.15) is 0 Å². The molecule has 194 valence electrons. The molecule has 1 aromatic rings. The molecule has 2 heteroatoms. The van der Waals surface area contributed by atoms with Gasteiger partial charge in [0.05, 0.1) is 0 Å². The van der Waals surface area contributed by atoms with Crippen LogP contribution in [0.2, 0.25) is 0 Å². The van der Waals surface area contributed by atoms with E-state index in [0.717, 1.165) is 18.5 Å². The van der Waals surface area contributed by atoms with Crippen molar-refractivity contribution in [2.45, 2.75) is 121 Å². The number of allylic oxidation sites excluding steroid dienone is 4. The van der Waals surface area contributed by atoms with E-state index >= 15 is 0 Å². The smallest absolute Gasteiger partial charge is 0.0407 e. The van der Waals surface area contributed by atoms with Gasteiger partial charge in [0, 0.05) is 18.4 Å². The van der Waals surface area contributed by atoms with E-state index in [1.165, 1.54) is 28.8 Å². The highest BCUT2D eigenvalue weighted by Gasteiger charge is 2.11. The van der Waals surface area contributed by atoms with Crippen molar-refractivity contribution >= 4 is 5.69 Å². The maximum absolute atomic E-state index is 6.09. The molecule has 0 aromatic heterocycles. The van der Waals surface area contributed by atoms with Gasteiger partial charge in [-0.25, -0.2) is 0 Å². The van der Waals surface area contributed by atoms with Gasteiger partial charge in [0.25, 0.3) is 0 Å². The molecule has 0 fully saturated rings. The van der Waals surface area contributed by atoms with Crippen molar-refractivity contribution in [3.8, 4) is 0 Å². The van der Waals surface area contributed by atoms with E-state index in [9.17, 15) is 0 Å². The third-order valence-electron chi connectivity index (χ3n) is 4.78. The molecule has 33 heavy (non-hydrogen) atoms. The molecule has 2 nitrogen and oxygen atoms in total. The summed E-state index contributed by atoms with van der Waals surface area (Å²) >= 11 is 0. The van der Waals surface area contributed by atoms with Gasteiger partial charge in [-0.3, -0.25) is 0 Å². The maximum Gasteiger partial charge on any atom is 0.0407 e.